The normalized spacial score (nSPS) is 11.8. The van der Waals surface area contributed by atoms with Crippen LogP contribution in [-0.2, 0) is 21.9 Å². The third-order valence-corrected chi connectivity index (χ3v) is 6.69. The molecule has 1 atom stereocenters. The zero-order valence-corrected chi connectivity index (χ0v) is 20.7. The molecule has 1 unspecified atom stereocenters. The van der Waals surface area contributed by atoms with Gasteiger partial charge in [-0.05, 0) is 48.2 Å². The molecule has 0 radical (unpaired) electrons. The van der Waals surface area contributed by atoms with E-state index < -0.39 is 6.04 Å². The lowest BCUT2D eigenvalue weighted by Gasteiger charge is -2.30. The van der Waals surface area contributed by atoms with Crippen LogP contribution in [0.3, 0.4) is 0 Å². The number of rotatable bonds is 12. The Bertz CT molecular complexity index is 896. The summed E-state index contributed by atoms with van der Waals surface area (Å²) in [5.41, 5.74) is 1.74. The highest BCUT2D eigenvalue weighted by atomic mass is 35.5. The minimum atomic E-state index is -0.583. The van der Waals surface area contributed by atoms with Crippen LogP contribution < -0.4 is 5.32 Å². The van der Waals surface area contributed by atoms with E-state index in [2.05, 4.69) is 12.2 Å². The second-order valence-corrected chi connectivity index (χ2v) is 9.26. The first-order valence-corrected chi connectivity index (χ1v) is 12.6. The van der Waals surface area contributed by atoms with Crippen LogP contribution >= 0.6 is 35.0 Å². The second kappa shape index (κ2) is 13.7. The van der Waals surface area contributed by atoms with Crippen LogP contribution in [0.25, 0.3) is 0 Å². The summed E-state index contributed by atoms with van der Waals surface area (Å²) in [5, 5.41) is 3.78. The molecule has 0 spiro atoms. The number of thioether (sulfide) groups is 1. The van der Waals surface area contributed by atoms with Gasteiger partial charge in [0.25, 0.3) is 0 Å². The summed E-state index contributed by atoms with van der Waals surface area (Å²) in [5.74, 6) is 0.199. The third kappa shape index (κ3) is 8.30. The molecule has 4 nitrogen and oxygen atoms in total. The molecule has 0 aliphatic heterocycles. The summed E-state index contributed by atoms with van der Waals surface area (Å²) >= 11 is 13.6. The Morgan fingerprint density at radius 1 is 1.06 bits per heavy atom. The molecule has 0 aromatic heterocycles. The van der Waals surface area contributed by atoms with E-state index in [0.717, 1.165) is 24.0 Å². The number of benzene rings is 2. The van der Waals surface area contributed by atoms with E-state index in [1.807, 2.05) is 13.0 Å². The molecule has 2 aromatic rings. The lowest BCUT2D eigenvalue weighted by Crippen LogP contribution is -2.49. The summed E-state index contributed by atoms with van der Waals surface area (Å²) < 4.78 is 13.1. The topological polar surface area (TPSA) is 49.4 Å². The van der Waals surface area contributed by atoms with Gasteiger partial charge in [0.15, 0.2) is 0 Å². The maximum atomic E-state index is 13.2. The number of carbonyl (C=O) groups is 2. The zero-order chi connectivity index (χ0) is 23.5. The van der Waals surface area contributed by atoms with Crippen molar-refractivity contribution >= 4 is 46.8 Å². The quantitative estimate of drug-likeness (QED) is 0.360. The summed E-state index contributed by atoms with van der Waals surface area (Å²) in [6.45, 7) is 4.79. The summed E-state index contributed by atoms with van der Waals surface area (Å²) in [7, 11) is 0. The number of nitrogens with zero attached hydrogens (tertiary/aromatic N) is 1. The number of unbranched alkanes of at least 4 members (excludes halogenated alkanes) is 1. The summed E-state index contributed by atoms with van der Waals surface area (Å²) in [6.07, 6.45) is 2.35. The van der Waals surface area contributed by atoms with Crippen molar-refractivity contribution in [1.29, 1.82) is 0 Å². The largest absolute Gasteiger partial charge is 0.354 e. The number of hydrogen-bond acceptors (Lipinski definition) is 3. The highest BCUT2D eigenvalue weighted by Crippen LogP contribution is 2.24. The molecule has 1 N–H and O–H groups in total. The molecule has 2 aromatic carbocycles. The predicted molar refractivity (Wildman–Crippen MR) is 132 cm³/mol. The fraction of sp³-hybridized carbons (Fsp3) is 0.417. The Kier molecular flexibility index (Phi) is 11.4. The Morgan fingerprint density at radius 2 is 1.75 bits per heavy atom. The highest BCUT2D eigenvalue weighted by Gasteiger charge is 2.28. The van der Waals surface area contributed by atoms with Gasteiger partial charge in [-0.2, -0.15) is 0 Å². The summed E-state index contributed by atoms with van der Waals surface area (Å²) in [4.78, 5) is 27.6. The van der Waals surface area contributed by atoms with Crippen molar-refractivity contribution in [2.24, 2.45) is 0 Å². The maximum Gasteiger partial charge on any atom is 0.242 e. The first kappa shape index (κ1) is 26.5. The van der Waals surface area contributed by atoms with Crippen LogP contribution in [0.1, 0.15) is 44.2 Å². The van der Waals surface area contributed by atoms with Gasteiger partial charge in [0.05, 0.1) is 15.8 Å². The zero-order valence-electron chi connectivity index (χ0n) is 18.4. The van der Waals surface area contributed by atoms with Gasteiger partial charge >= 0.3 is 0 Å². The molecule has 174 valence electrons. The third-order valence-electron chi connectivity index (χ3n) is 4.96. The number of nitrogens with one attached hydrogen (secondary N) is 1. The van der Waals surface area contributed by atoms with Crippen molar-refractivity contribution in [2.45, 2.75) is 51.4 Å². The summed E-state index contributed by atoms with van der Waals surface area (Å²) in [6, 6.07) is 10.9. The number of hydrogen-bond donors (Lipinski definition) is 1. The monoisotopic (exact) mass is 498 g/mol. The molecule has 32 heavy (non-hydrogen) atoms. The molecule has 0 heterocycles. The Hall–Kier alpha value is -1.76. The average molecular weight is 499 g/mol. The molecule has 8 heteroatoms. The van der Waals surface area contributed by atoms with E-state index in [0.29, 0.717) is 28.8 Å². The lowest BCUT2D eigenvalue weighted by atomic mass is 10.1. The van der Waals surface area contributed by atoms with Crippen molar-refractivity contribution in [3.63, 3.8) is 0 Å². The van der Waals surface area contributed by atoms with Gasteiger partial charge in [0.1, 0.15) is 11.9 Å². The molecule has 0 saturated carbocycles. The van der Waals surface area contributed by atoms with Crippen molar-refractivity contribution in [2.75, 3.05) is 12.3 Å². The maximum absolute atomic E-state index is 13.2. The molecule has 0 aliphatic rings. The number of amides is 2. The smallest absolute Gasteiger partial charge is 0.242 e. The van der Waals surface area contributed by atoms with E-state index in [-0.39, 0.29) is 29.9 Å². The molecule has 2 amide bonds. The molecular weight excluding hydrogens is 470 g/mol. The molecule has 0 bridgehead atoms. The molecule has 2 rings (SSSR count). The molecule has 0 aliphatic carbocycles. The van der Waals surface area contributed by atoms with E-state index in [1.54, 1.807) is 29.2 Å². The van der Waals surface area contributed by atoms with Crippen LogP contribution in [0.5, 0.6) is 0 Å². The van der Waals surface area contributed by atoms with Gasteiger partial charge in [-0.15, -0.1) is 11.8 Å². The number of carbonyl (C=O) groups excluding carboxylic acids is 2. The SMILES string of the molecule is CCCCNC(=O)C(CC)N(Cc1ccc(Cl)c(Cl)c1)C(=O)CSCc1ccc(F)cc1. The minimum Gasteiger partial charge on any atom is -0.354 e. The van der Waals surface area contributed by atoms with E-state index >= 15 is 0 Å². The van der Waals surface area contributed by atoms with Crippen molar-refractivity contribution in [3.8, 4) is 0 Å². The van der Waals surface area contributed by atoms with Crippen molar-refractivity contribution < 1.29 is 14.0 Å². The minimum absolute atomic E-state index is 0.138. The molecular formula is C24H29Cl2FN2O2S. The van der Waals surface area contributed by atoms with E-state index in [9.17, 15) is 14.0 Å². The fourth-order valence-corrected chi connectivity index (χ4v) is 4.37. The first-order chi connectivity index (χ1) is 15.3. The van der Waals surface area contributed by atoms with Gasteiger partial charge in [-0.1, -0.05) is 61.7 Å². The van der Waals surface area contributed by atoms with Crippen molar-refractivity contribution in [1.82, 2.24) is 10.2 Å². The lowest BCUT2D eigenvalue weighted by molar-refractivity contribution is -0.139. The molecule has 0 fully saturated rings. The van der Waals surface area contributed by atoms with E-state index in [4.69, 9.17) is 23.2 Å². The van der Waals surface area contributed by atoms with Crippen LogP contribution in [0.2, 0.25) is 10.0 Å². The van der Waals surface area contributed by atoms with Crippen LogP contribution in [0, 0.1) is 5.82 Å². The second-order valence-electron chi connectivity index (χ2n) is 7.46. The van der Waals surface area contributed by atoms with Crippen molar-refractivity contribution in [3.05, 3.63) is 69.5 Å². The average Bonchev–Trinajstić information content (AvgIpc) is 2.77. The predicted octanol–water partition coefficient (Wildman–Crippen LogP) is 6.09. The van der Waals surface area contributed by atoms with Crippen LogP contribution in [-0.4, -0.2) is 35.1 Å². The fourth-order valence-electron chi connectivity index (χ4n) is 3.18. The van der Waals surface area contributed by atoms with Gasteiger partial charge in [-0.3, -0.25) is 9.59 Å². The van der Waals surface area contributed by atoms with E-state index in [1.165, 1.54) is 23.9 Å². The van der Waals surface area contributed by atoms with Gasteiger partial charge in [0.2, 0.25) is 11.8 Å². The highest BCUT2D eigenvalue weighted by molar-refractivity contribution is 7.99. The van der Waals surface area contributed by atoms with Gasteiger partial charge in [0, 0.05) is 18.8 Å². The molecule has 0 saturated heterocycles. The van der Waals surface area contributed by atoms with Gasteiger partial charge < -0.3 is 10.2 Å². The standard InChI is InChI=1S/C24H29Cl2FN2O2S/c1-3-5-12-28-24(31)22(4-2)29(14-18-8-11-20(25)21(26)13-18)23(30)16-32-15-17-6-9-19(27)10-7-17/h6-11,13,22H,3-5,12,14-16H2,1-2H3,(H,28,31). The van der Waals surface area contributed by atoms with Crippen LogP contribution in [0.15, 0.2) is 42.5 Å². The van der Waals surface area contributed by atoms with Crippen LogP contribution in [0.4, 0.5) is 4.39 Å². The van der Waals surface area contributed by atoms with Gasteiger partial charge in [-0.25, -0.2) is 4.39 Å². The Labute approximate surface area is 203 Å². The number of halogens is 3. The Balaban J connectivity index is 2.12. The Morgan fingerprint density at radius 3 is 2.38 bits per heavy atom. The first-order valence-electron chi connectivity index (χ1n) is 10.7.